The van der Waals surface area contributed by atoms with Gasteiger partial charge in [0.25, 0.3) is 0 Å². The summed E-state index contributed by atoms with van der Waals surface area (Å²) in [5.41, 5.74) is -1.45. The van der Waals surface area contributed by atoms with Gasteiger partial charge < -0.3 is 9.64 Å². The highest BCUT2D eigenvalue weighted by atomic mass is 19.1. The number of hydrogen-bond acceptors (Lipinski definition) is 3. The van der Waals surface area contributed by atoms with Gasteiger partial charge in [0.05, 0.1) is 6.20 Å². The smallest absolute Gasteiger partial charge is 0.410 e. The lowest BCUT2D eigenvalue weighted by atomic mass is 9.89. The predicted octanol–water partition coefficient (Wildman–Crippen LogP) is 3.50. The number of piperidine rings is 1. The van der Waals surface area contributed by atoms with E-state index in [0.29, 0.717) is 18.8 Å². The van der Waals surface area contributed by atoms with E-state index in [1.807, 2.05) is 0 Å². The van der Waals surface area contributed by atoms with Gasteiger partial charge in [-0.05, 0) is 45.7 Å². The van der Waals surface area contributed by atoms with Crippen molar-refractivity contribution in [3.8, 4) is 0 Å². The number of likely N-dealkylation sites (tertiary alicyclic amines) is 1. The third kappa shape index (κ3) is 4.64. The van der Waals surface area contributed by atoms with Crippen molar-refractivity contribution >= 4 is 6.09 Å². The molecule has 1 saturated heterocycles. The standard InChI is InChI=1S/C16H22F2N2O2/c1-15(2,3)22-14(21)20-8-6-16(18,7-9-20)10-13-5-4-12(17)11-19-13/h4-5,11H,6-10H2,1-3H3. The first-order chi connectivity index (χ1) is 10.2. The van der Waals surface area contributed by atoms with Crippen LogP contribution in [0.25, 0.3) is 0 Å². The molecule has 0 spiro atoms. The molecular weight excluding hydrogens is 290 g/mol. The largest absolute Gasteiger partial charge is 0.444 e. The number of amides is 1. The molecule has 0 radical (unpaired) electrons. The monoisotopic (exact) mass is 312 g/mol. The lowest BCUT2D eigenvalue weighted by Crippen LogP contribution is -2.47. The van der Waals surface area contributed by atoms with Crippen LogP contribution in [0.15, 0.2) is 18.3 Å². The highest BCUT2D eigenvalue weighted by Gasteiger charge is 2.37. The van der Waals surface area contributed by atoms with Gasteiger partial charge in [0.1, 0.15) is 17.1 Å². The molecule has 4 nitrogen and oxygen atoms in total. The third-order valence-corrected chi connectivity index (χ3v) is 3.60. The van der Waals surface area contributed by atoms with Gasteiger partial charge in [-0.25, -0.2) is 13.6 Å². The number of hydrogen-bond donors (Lipinski definition) is 0. The molecule has 1 aliphatic heterocycles. The molecule has 1 amide bonds. The third-order valence-electron chi connectivity index (χ3n) is 3.60. The molecule has 1 aromatic rings. The summed E-state index contributed by atoms with van der Waals surface area (Å²) in [7, 11) is 0. The molecule has 0 atom stereocenters. The molecule has 22 heavy (non-hydrogen) atoms. The number of halogens is 2. The van der Waals surface area contributed by atoms with Crippen LogP contribution in [0.1, 0.15) is 39.3 Å². The molecular formula is C16H22F2N2O2. The van der Waals surface area contributed by atoms with Crippen LogP contribution in [0.5, 0.6) is 0 Å². The summed E-state index contributed by atoms with van der Waals surface area (Å²) >= 11 is 0. The number of aromatic nitrogens is 1. The van der Waals surface area contributed by atoms with Crippen LogP contribution in [0.3, 0.4) is 0 Å². The van der Waals surface area contributed by atoms with E-state index < -0.39 is 23.2 Å². The van der Waals surface area contributed by atoms with Crippen LogP contribution < -0.4 is 0 Å². The van der Waals surface area contributed by atoms with E-state index in [1.54, 1.807) is 20.8 Å². The Morgan fingerprint density at radius 1 is 1.36 bits per heavy atom. The minimum Gasteiger partial charge on any atom is -0.444 e. The maximum Gasteiger partial charge on any atom is 0.410 e. The Morgan fingerprint density at radius 2 is 2.00 bits per heavy atom. The van der Waals surface area contributed by atoms with Crippen molar-refractivity contribution in [2.45, 2.75) is 51.3 Å². The minimum atomic E-state index is -1.41. The Bertz CT molecular complexity index is 518. The second-order valence-corrected chi connectivity index (χ2v) is 6.76. The molecule has 2 heterocycles. The van der Waals surface area contributed by atoms with E-state index in [2.05, 4.69) is 4.98 Å². The van der Waals surface area contributed by atoms with Crippen LogP contribution in [0.4, 0.5) is 13.6 Å². The molecule has 1 fully saturated rings. The van der Waals surface area contributed by atoms with Crippen LogP contribution in [-0.2, 0) is 11.2 Å². The molecule has 2 rings (SSSR count). The topological polar surface area (TPSA) is 42.4 Å². The quantitative estimate of drug-likeness (QED) is 0.839. The Morgan fingerprint density at radius 3 is 2.50 bits per heavy atom. The SMILES string of the molecule is CC(C)(C)OC(=O)N1CCC(F)(Cc2ccc(F)cn2)CC1. The van der Waals surface area contributed by atoms with Crippen LogP contribution in [0, 0.1) is 5.82 Å². The van der Waals surface area contributed by atoms with E-state index >= 15 is 0 Å². The van der Waals surface area contributed by atoms with Gasteiger partial charge in [0, 0.05) is 25.2 Å². The lowest BCUT2D eigenvalue weighted by molar-refractivity contribution is 0.00322. The average Bonchev–Trinajstić information content (AvgIpc) is 2.40. The normalized spacial score (nSPS) is 18.1. The summed E-state index contributed by atoms with van der Waals surface area (Å²) in [6, 6.07) is 2.78. The zero-order valence-electron chi connectivity index (χ0n) is 13.2. The number of rotatable bonds is 2. The summed E-state index contributed by atoms with van der Waals surface area (Å²) in [4.78, 5) is 17.4. The first-order valence-corrected chi connectivity index (χ1v) is 7.44. The Labute approximate surface area is 129 Å². The Kier molecular flexibility index (Phi) is 4.68. The molecule has 0 aliphatic carbocycles. The summed E-state index contributed by atoms with van der Waals surface area (Å²) in [6.45, 7) is 6.02. The second kappa shape index (κ2) is 6.18. The molecule has 0 saturated carbocycles. The zero-order valence-corrected chi connectivity index (χ0v) is 13.2. The first kappa shape index (κ1) is 16.6. The molecule has 1 aliphatic rings. The van der Waals surface area contributed by atoms with E-state index in [9.17, 15) is 13.6 Å². The van der Waals surface area contributed by atoms with Crippen molar-refractivity contribution in [1.82, 2.24) is 9.88 Å². The fraction of sp³-hybridized carbons (Fsp3) is 0.625. The van der Waals surface area contributed by atoms with Gasteiger partial charge in [0.2, 0.25) is 0 Å². The Balaban J connectivity index is 1.90. The highest BCUT2D eigenvalue weighted by Crippen LogP contribution is 2.30. The van der Waals surface area contributed by atoms with Gasteiger partial charge in [0.15, 0.2) is 0 Å². The number of carbonyl (C=O) groups excluding carboxylic acids is 1. The molecule has 0 bridgehead atoms. The fourth-order valence-corrected chi connectivity index (χ4v) is 2.43. The number of alkyl halides is 1. The number of ether oxygens (including phenoxy) is 1. The molecule has 0 N–H and O–H groups in total. The number of carbonyl (C=O) groups is 1. The first-order valence-electron chi connectivity index (χ1n) is 7.44. The average molecular weight is 312 g/mol. The van der Waals surface area contributed by atoms with Gasteiger partial charge in [-0.15, -0.1) is 0 Å². The van der Waals surface area contributed by atoms with Crippen molar-refractivity contribution in [3.63, 3.8) is 0 Å². The van der Waals surface area contributed by atoms with Gasteiger partial charge >= 0.3 is 6.09 Å². The molecule has 0 unspecified atom stereocenters. The Hall–Kier alpha value is -1.72. The number of pyridine rings is 1. The molecule has 6 heteroatoms. The summed E-state index contributed by atoms with van der Waals surface area (Å²) in [5, 5.41) is 0. The van der Waals surface area contributed by atoms with E-state index in [4.69, 9.17) is 4.74 Å². The maximum atomic E-state index is 14.8. The van der Waals surface area contributed by atoms with Crippen LogP contribution >= 0.6 is 0 Å². The minimum absolute atomic E-state index is 0.134. The maximum absolute atomic E-state index is 14.8. The van der Waals surface area contributed by atoms with Crippen molar-refractivity contribution in [2.75, 3.05) is 13.1 Å². The van der Waals surface area contributed by atoms with Crippen LogP contribution in [-0.4, -0.2) is 40.3 Å². The number of nitrogens with zero attached hydrogens (tertiary/aromatic N) is 2. The molecule has 1 aromatic heterocycles. The van der Waals surface area contributed by atoms with Crippen molar-refractivity contribution < 1.29 is 18.3 Å². The summed E-state index contributed by atoms with van der Waals surface area (Å²) in [6.07, 6.45) is 1.27. The van der Waals surface area contributed by atoms with E-state index in [1.165, 1.54) is 17.0 Å². The lowest BCUT2D eigenvalue weighted by Gasteiger charge is -2.36. The summed E-state index contributed by atoms with van der Waals surface area (Å²) in [5.74, 6) is -0.434. The van der Waals surface area contributed by atoms with E-state index in [-0.39, 0.29) is 19.3 Å². The molecule has 0 aromatic carbocycles. The highest BCUT2D eigenvalue weighted by molar-refractivity contribution is 5.68. The van der Waals surface area contributed by atoms with Gasteiger partial charge in [-0.2, -0.15) is 0 Å². The second-order valence-electron chi connectivity index (χ2n) is 6.76. The van der Waals surface area contributed by atoms with Crippen LogP contribution in [0.2, 0.25) is 0 Å². The van der Waals surface area contributed by atoms with Crippen molar-refractivity contribution in [3.05, 3.63) is 29.8 Å². The molecule has 122 valence electrons. The predicted molar refractivity (Wildman–Crippen MR) is 78.8 cm³/mol. The fourth-order valence-electron chi connectivity index (χ4n) is 2.43. The summed E-state index contributed by atoms with van der Waals surface area (Å²) < 4.78 is 32.9. The van der Waals surface area contributed by atoms with Crippen molar-refractivity contribution in [2.24, 2.45) is 0 Å². The van der Waals surface area contributed by atoms with Gasteiger partial charge in [-0.3, -0.25) is 4.98 Å². The van der Waals surface area contributed by atoms with Gasteiger partial charge in [-0.1, -0.05) is 0 Å². The van der Waals surface area contributed by atoms with E-state index in [0.717, 1.165) is 6.20 Å². The van der Waals surface area contributed by atoms with Crippen molar-refractivity contribution in [1.29, 1.82) is 0 Å². The zero-order chi connectivity index (χ0) is 16.4.